The van der Waals surface area contributed by atoms with Gasteiger partial charge in [0.05, 0.1) is 0 Å². The number of rotatable bonds is 20. The van der Waals surface area contributed by atoms with Crippen molar-refractivity contribution in [2.24, 2.45) is 0 Å². The lowest BCUT2D eigenvalue weighted by Crippen LogP contribution is -2.46. The highest BCUT2D eigenvalue weighted by Crippen LogP contribution is 2.20. The predicted octanol–water partition coefficient (Wildman–Crippen LogP) is 3.94. The van der Waals surface area contributed by atoms with E-state index in [2.05, 4.69) is 0 Å². The first-order valence-corrected chi connectivity index (χ1v) is 17.0. The van der Waals surface area contributed by atoms with Crippen LogP contribution < -0.4 is 0 Å². The first-order chi connectivity index (χ1) is 13.5. The monoisotopic (exact) mass is 474 g/mol. The molecule has 0 bridgehead atoms. The molecule has 0 fully saturated rings. The lowest BCUT2D eigenvalue weighted by atomic mass is 10.6. The van der Waals surface area contributed by atoms with Crippen LogP contribution in [0.1, 0.15) is 54.4 Å². The van der Waals surface area contributed by atoms with Gasteiger partial charge in [0.25, 0.3) is 0 Å². The van der Waals surface area contributed by atoms with Crippen LogP contribution >= 0.6 is 0 Å². The fourth-order valence-electron chi connectivity index (χ4n) is 3.00. The maximum atomic E-state index is 5.92. The summed E-state index contributed by atoms with van der Waals surface area (Å²) in [5, 5.41) is 0. The predicted molar refractivity (Wildman–Crippen MR) is 125 cm³/mol. The average Bonchev–Trinajstić information content (AvgIpc) is 2.63. The van der Waals surface area contributed by atoms with Crippen molar-refractivity contribution in [3.63, 3.8) is 0 Å². The number of hydrogen-bond acceptors (Lipinski definition) is 7. The summed E-state index contributed by atoms with van der Waals surface area (Å²) in [6.45, 7) is 15.6. The zero-order valence-electron chi connectivity index (χ0n) is 18.8. The van der Waals surface area contributed by atoms with Crippen molar-refractivity contribution in [1.82, 2.24) is 0 Å². The summed E-state index contributed by atoms with van der Waals surface area (Å²) < 4.78 is 35.5. The third-order valence-corrected chi connectivity index (χ3v) is 12.7. The largest absolute Gasteiger partial charge is 0.500 e. The summed E-state index contributed by atoms with van der Waals surface area (Å²) in [5.41, 5.74) is 0. The van der Waals surface area contributed by atoms with Crippen molar-refractivity contribution in [3.05, 3.63) is 0 Å². The minimum absolute atomic E-state index is 0.0686. The Balaban J connectivity index is 4.48. The highest BCUT2D eigenvalue weighted by molar-refractivity contribution is 8.28. The average molecular weight is 475 g/mol. The second kappa shape index (κ2) is 17.4. The van der Waals surface area contributed by atoms with Gasteiger partial charge in [0.15, 0.2) is 0 Å². The quantitative estimate of drug-likeness (QED) is 0.248. The van der Waals surface area contributed by atoms with E-state index in [1.54, 1.807) is 0 Å². The third-order valence-electron chi connectivity index (χ3n) is 3.90. The zero-order valence-corrected chi connectivity index (χ0v) is 22.4. The second-order valence-corrected chi connectivity index (χ2v) is 14.6. The molecule has 0 atom stereocenters. The van der Waals surface area contributed by atoms with E-state index in [-0.39, 0.29) is 9.45 Å². The van der Waals surface area contributed by atoms with E-state index in [9.17, 15) is 0 Å². The molecule has 0 saturated carbocycles. The van der Waals surface area contributed by atoms with Crippen molar-refractivity contribution in [2.75, 3.05) is 51.1 Å². The Kier molecular flexibility index (Phi) is 17.9. The SMILES string of the molecule is CCO[Si](CCCS(=S)CCC[Si](OCC)(OCC)OCC)(OCC)OCC. The van der Waals surface area contributed by atoms with Crippen LogP contribution in [0.3, 0.4) is 0 Å². The van der Waals surface area contributed by atoms with E-state index in [1.165, 1.54) is 0 Å². The number of hydrogen-bond donors (Lipinski definition) is 0. The lowest BCUT2D eigenvalue weighted by molar-refractivity contribution is 0.0705. The second-order valence-electron chi connectivity index (χ2n) is 6.02. The summed E-state index contributed by atoms with van der Waals surface area (Å²) in [6, 6.07) is 1.66. The van der Waals surface area contributed by atoms with Gasteiger partial charge in [0.1, 0.15) is 0 Å². The van der Waals surface area contributed by atoms with Crippen molar-refractivity contribution >= 4 is 38.3 Å². The van der Waals surface area contributed by atoms with Gasteiger partial charge in [-0.3, -0.25) is 0 Å². The molecule has 170 valence electrons. The van der Waals surface area contributed by atoms with Gasteiger partial charge in [-0.05, 0) is 65.9 Å². The molecule has 28 heavy (non-hydrogen) atoms. The molecule has 0 aliphatic carbocycles. The minimum Gasteiger partial charge on any atom is -0.374 e. The highest BCUT2D eigenvalue weighted by Gasteiger charge is 2.40. The fourth-order valence-corrected chi connectivity index (χ4v) is 10.6. The van der Waals surface area contributed by atoms with Crippen LogP contribution in [0.2, 0.25) is 12.1 Å². The van der Waals surface area contributed by atoms with E-state index in [1.807, 2.05) is 41.5 Å². The molecule has 0 aliphatic rings. The normalized spacial score (nSPS) is 12.8. The van der Waals surface area contributed by atoms with Crippen LogP contribution in [0.4, 0.5) is 0 Å². The molecule has 0 heterocycles. The molecule has 0 aromatic rings. The van der Waals surface area contributed by atoms with Crippen molar-refractivity contribution in [1.29, 1.82) is 0 Å². The molecule has 0 N–H and O–H groups in total. The standard InChI is InChI=1S/C18H42O6S2Si2/c1-7-19-27(20-8-2,21-9-3)17-13-15-26(25)16-14-18-28(22-10-4,23-11-5)24-12-6/h7-18H2,1-6H3. The lowest BCUT2D eigenvalue weighted by Gasteiger charge is -2.29. The Labute approximate surface area is 182 Å². The molecule has 6 nitrogen and oxygen atoms in total. The first-order valence-electron chi connectivity index (χ1n) is 10.7. The van der Waals surface area contributed by atoms with Gasteiger partial charge in [-0.15, -0.1) is 9.45 Å². The Hall–Kier alpha value is 0.764. The molecule has 0 rings (SSSR count). The van der Waals surface area contributed by atoms with E-state index in [4.69, 9.17) is 37.7 Å². The van der Waals surface area contributed by atoms with Crippen LogP contribution in [0.25, 0.3) is 0 Å². The van der Waals surface area contributed by atoms with E-state index in [0.29, 0.717) is 39.6 Å². The summed E-state index contributed by atoms with van der Waals surface area (Å²) >= 11 is 5.72. The van der Waals surface area contributed by atoms with Gasteiger partial charge in [-0.2, -0.15) is 0 Å². The molecule has 0 radical (unpaired) electrons. The van der Waals surface area contributed by atoms with Gasteiger partial charge in [-0.25, -0.2) is 0 Å². The first kappa shape index (κ1) is 28.8. The van der Waals surface area contributed by atoms with Gasteiger partial charge < -0.3 is 26.6 Å². The van der Waals surface area contributed by atoms with Gasteiger partial charge in [0, 0.05) is 51.7 Å². The van der Waals surface area contributed by atoms with Crippen molar-refractivity contribution in [2.45, 2.75) is 66.5 Å². The maximum absolute atomic E-state index is 5.92. The van der Waals surface area contributed by atoms with E-state index >= 15 is 0 Å². The Morgan fingerprint density at radius 1 is 0.536 bits per heavy atom. The summed E-state index contributed by atoms with van der Waals surface area (Å²) in [5.74, 6) is 1.98. The molecule has 0 aromatic carbocycles. The summed E-state index contributed by atoms with van der Waals surface area (Å²) in [4.78, 5) is 0. The molecule has 0 aliphatic heterocycles. The molecular formula is C18H42O6S2Si2. The van der Waals surface area contributed by atoms with Crippen LogP contribution in [0.5, 0.6) is 0 Å². The van der Waals surface area contributed by atoms with Crippen LogP contribution in [0.15, 0.2) is 0 Å². The van der Waals surface area contributed by atoms with Crippen molar-refractivity contribution < 1.29 is 26.6 Å². The van der Waals surface area contributed by atoms with Crippen molar-refractivity contribution in [3.8, 4) is 0 Å². The molecule has 10 heteroatoms. The molecule has 0 spiro atoms. The van der Waals surface area contributed by atoms with E-state index < -0.39 is 17.6 Å². The molecule has 0 amide bonds. The van der Waals surface area contributed by atoms with E-state index in [0.717, 1.165) is 36.4 Å². The highest BCUT2D eigenvalue weighted by atomic mass is 32.8. The summed E-state index contributed by atoms with van der Waals surface area (Å²) in [7, 11) is -5.17. The summed E-state index contributed by atoms with van der Waals surface area (Å²) in [6.07, 6.45) is 1.95. The van der Waals surface area contributed by atoms with Gasteiger partial charge >= 0.3 is 17.6 Å². The topological polar surface area (TPSA) is 55.4 Å². The third kappa shape index (κ3) is 11.8. The smallest absolute Gasteiger partial charge is 0.374 e. The molecule has 0 aromatic heterocycles. The zero-order chi connectivity index (χ0) is 21.3. The van der Waals surface area contributed by atoms with Gasteiger partial charge in [-0.1, -0.05) is 11.2 Å². The van der Waals surface area contributed by atoms with Crippen LogP contribution in [-0.2, 0) is 47.2 Å². The Morgan fingerprint density at radius 2 is 0.786 bits per heavy atom. The Morgan fingerprint density at radius 3 is 1.00 bits per heavy atom. The van der Waals surface area contributed by atoms with Crippen LogP contribution in [-0.4, -0.2) is 68.8 Å². The van der Waals surface area contributed by atoms with Crippen LogP contribution in [0, 0.1) is 0 Å². The molecule has 0 unspecified atom stereocenters. The van der Waals surface area contributed by atoms with Gasteiger partial charge in [0.2, 0.25) is 0 Å². The Bertz CT molecular complexity index is 336. The fraction of sp³-hybridized carbons (Fsp3) is 1.00. The minimum atomic E-state index is -2.55. The molecular weight excluding hydrogens is 432 g/mol. The maximum Gasteiger partial charge on any atom is 0.500 e. The molecule has 0 saturated heterocycles.